The highest BCUT2D eigenvalue weighted by molar-refractivity contribution is 5.95. The number of halogens is 2. The van der Waals surface area contributed by atoms with E-state index in [-0.39, 0.29) is 30.0 Å². The molecule has 1 fully saturated rings. The van der Waals surface area contributed by atoms with Gasteiger partial charge in [-0.05, 0) is 6.07 Å². The van der Waals surface area contributed by atoms with Gasteiger partial charge in [-0.1, -0.05) is 24.3 Å². The number of nitrogens with zero attached hydrogens (tertiary/aromatic N) is 4. The molecule has 31 heavy (non-hydrogen) atoms. The Labute approximate surface area is 174 Å². The Kier molecular flexibility index (Phi) is 5.61. The van der Waals surface area contributed by atoms with Crippen molar-refractivity contribution in [2.75, 3.05) is 13.2 Å². The molecule has 2 N–H and O–H groups in total. The number of alkyl halides is 2. The lowest BCUT2D eigenvalue weighted by molar-refractivity contribution is 0.0884. The molecule has 0 bridgehead atoms. The number of carbonyl (C=O) groups is 1. The monoisotopic (exact) mass is 431 g/mol. The normalized spacial score (nSPS) is 18.5. The molecule has 1 aliphatic rings. The van der Waals surface area contributed by atoms with Crippen LogP contribution in [0.4, 0.5) is 8.78 Å². The fraction of sp³-hybridized carbons (Fsp3) is 0.300. The van der Waals surface area contributed by atoms with Crippen LogP contribution in [0, 0.1) is 0 Å². The summed E-state index contributed by atoms with van der Waals surface area (Å²) >= 11 is 0. The summed E-state index contributed by atoms with van der Waals surface area (Å²) in [5.74, 6) is -0.704. The van der Waals surface area contributed by atoms with E-state index in [2.05, 4.69) is 15.5 Å². The van der Waals surface area contributed by atoms with E-state index in [9.17, 15) is 23.5 Å². The number of aryl methyl sites for hydroxylation is 1. The molecule has 2 atom stereocenters. The zero-order valence-electron chi connectivity index (χ0n) is 16.4. The number of aliphatic hydroxyl groups excluding tert-OH is 1. The maximum absolute atomic E-state index is 13.0. The average molecular weight is 431 g/mol. The summed E-state index contributed by atoms with van der Waals surface area (Å²) in [5, 5.41) is 20.8. The molecular weight excluding hydrogens is 412 g/mol. The van der Waals surface area contributed by atoms with E-state index in [1.807, 2.05) is 0 Å². The zero-order valence-corrected chi connectivity index (χ0v) is 16.4. The van der Waals surface area contributed by atoms with Crippen LogP contribution in [0.15, 0.2) is 47.5 Å². The number of hydrogen-bond acceptors (Lipinski definition) is 6. The van der Waals surface area contributed by atoms with Gasteiger partial charge < -0.3 is 15.2 Å². The molecule has 1 saturated heterocycles. The molecule has 1 aliphatic heterocycles. The van der Waals surface area contributed by atoms with E-state index in [0.717, 1.165) is 4.68 Å². The highest BCUT2D eigenvalue weighted by Gasteiger charge is 2.29. The quantitative estimate of drug-likeness (QED) is 0.625. The van der Waals surface area contributed by atoms with Gasteiger partial charge in [0.1, 0.15) is 11.3 Å². The predicted octanol–water partition coefficient (Wildman–Crippen LogP) is 1.06. The molecular formula is C20H19F2N5O4. The van der Waals surface area contributed by atoms with Crippen LogP contribution < -0.4 is 10.9 Å². The van der Waals surface area contributed by atoms with Gasteiger partial charge in [0.25, 0.3) is 17.9 Å². The number of nitrogens with one attached hydrogen (secondary N) is 1. The van der Waals surface area contributed by atoms with Crippen molar-refractivity contribution in [3.05, 3.63) is 64.2 Å². The van der Waals surface area contributed by atoms with Crippen molar-refractivity contribution in [3.63, 3.8) is 0 Å². The van der Waals surface area contributed by atoms with Crippen molar-refractivity contribution in [1.29, 1.82) is 0 Å². The van der Waals surface area contributed by atoms with Crippen LogP contribution in [-0.2, 0) is 11.8 Å². The van der Waals surface area contributed by atoms with Gasteiger partial charge in [-0.25, -0.2) is 8.78 Å². The second-order valence-corrected chi connectivity index (χ2v) is 7.14. The van der Waals surface area contributed by atoms with Crippen molar-refractivity contribution in [3.8, 4) is 16.9 Å². The van der Waals surface area contributed by atoms with Gasteiger partial charge in [0.2, 0.25) is 0 Å². The van der Waals surface area contributed by atoms with Crippen molar-refractivity contribution < 1.29 is 23.4 Å². The molecule has 4 rings (SSSR count). The number of benzene rings is 1. The topological polar surface area (TPSA) is 111 Å². The zero-order chi connectivity index (χ0) is 22.1. The minimum Gasteiger partial charge on any atom is -0.388 e. The maximum Gasteiger partial charge on any atom is 0.284 e. The number of carbonyl (C=O) groups excluding carboxylic acids is 1. The van der Waals surface area contributed by atoms with Crippen LogP contribution in [-0.4, -0.2) is 55.9 Å². The number of ether oxygens (including phenoxy) is 1. The number of aliphatic hydroxyl groups is 1. The lowest BCUT2D eigenvalue weighted by Gasteiger charge is -2.15. The van der Waals surface area contributed by atoms with Crippen molar-refractivity contribution >= 4 is 5.91 Å². The summed E-state index contributed by atoms with van der Waals surface area (Å²) in [6.07, 6.45) is -0.539. The molecule has 1 amide bonds. The second kappa shape index (κ2) is 8.36. The van der Waals surface area contributed by atoms with E-state index >= 15 is 0 Å². The van der Waals surface area contributed by atoms with Gasteiger partial charge in [-0.15, -0.1) is 0 Å². The van der Waals surface area contributed by atoms with Gasteiger partial charge in [-0.3, -0.25) is 14.3 Å². The Bertz CT molecular complexity index is 1160. The summed E-state index contributed by atoms with van der Waals surface area (Å²) < 4.78 is 33.4. The average Bonchev–Trinajstić information content (AvgIpc) is 3.36. The Balaban J connectivity index is 1.78. The summed E-state index contributed by atoms with van der Waals surface area (Å²) in [6.45, 7) is 0.208. The molecule has 1 unspecified atom stereocenters. The molecule has 0 radical (unpaired) electrons. The molecule has 1 aromatic carbocycles. The van der Waals surface area contributed by atoms with E-state index in [1.54, 1.807) is 13.2 Å². The smallest absolute Gasteiger partial charge is 0.284 e. The van der Waals surface area contributed by atoms with Crippen LogP contribution >= 0.6 is 0 Å². The molecule has 3 heterocycles. The number of amides is 1. The summed E-state index contributed by atoms with van der Waals surface area (Å²) in [5.41, 5.74) is -0.0509. The third kappa shape index (κ3) is 4.23. The predicted molar refractivity (Wildman–Crippen MR) is 105 cm³/mol. The van der Waals surface area contributed by atoms with E-state index in [4.69, 9.17) is 4.74 Å². The molecule has 2 aromatic heterocycles. The van der Waals surface area contributed by atoms with Gasteiger partial charge in [0.05, 0.1) is 43.4 Å². The van der Waals surface area contributed by atoms with Crippen LogP contribution in [0.5, 0.6) is 0 Å². The van der Waals surface area contributed by atoms with Gasteiger partial charge in [-0.2, -0.15) is 14.9 Å². The lowest BCUT2D eigenvalue weighted by Crippen LogP contribution is -2.44. The minimum absolute atomic E-state index is 0.0863. The van der Waals surface area contributed by atoms with Gasteiger partial charge in [0, 0.05) is 18.2 Å². The minimum atomic E-state index is -2.62. The fourth-order valence-electron chi connectivity index (χ4n) is 3.22. The van der Waals surface area contributed by atoms with Gasteiger partial charge >= 0.3 is 0 Å². The molecule has 0 aliphatic carbocycles. The molecule has 162 valence electrons. The third-order valence-corrected chi connectivity index (χ3v) is 4.92. The highest BCUT2D eigenvalue weighted by Crippen LogP contribution is 2.23. The van der Waals surface area contributed by atoms with Crippen molar-refractivity contribution in [2.24, 2.45) is 7.05 Å². The molecule has 11 heteroatoms. The number of aromatic nitrogens is 4. The Morgan fingerprint density at radius 2 is 2.03 bits per heavy atom. The van der Waals surface area contributed by atoms with E-state index < -0.39 is 30.0 Å². The Morgan fingerprint density at radius 1 is 1.29 bits per heavy atom. The third-order valence-electron chi connectivity index (χ3n) is 4.92. The summed E-state index contributed by atoms with van der Waals surface area (Å²) in [6, 6.07) is 6.04. The Morgan fingerprint density at radius 3 is 2.61 bits per heavy atom. The van der Waals surface area contributed by atoms with Crippen LogP contribution in [0.2, 0.25) is 0 Å². The highest BCUT2D eigenvalue weighted by atomic mass is 19.3. The van der Waals surface area contributed by atoms with Crippen molar-refractivity contribution in [2.45, 2.75) is 18.6 Å². The van der Waals surface area contributed by atoms with Crippen LogP contribution in [0.25, 0.3) is 16.9 Å². The largest absolute Gasteiger partial charge is 0.388 e. The first-order valence-corrected chi connectivity index (χ1v) is 9.42. The number of rotatable bonds is 5. The van der Waals surface area contributed by atoms with Crippen LogP contribution in [0.1, 0.15) is 22.3 Å². The second-order valence-electron chi connectivity index (χ2n) is 7.14. The maximum atomic E-state index is 13.0. The van der Waals surface area contributed by atoms with Gasteiger partial charge in [0.15, 0.2) is 0 Å². The van der Waals surface area contributed by atoms with E-state index in [0.29, 0.717) is 11.3 Å². The summed E-state index contributed by atoms with van der Waals surface area (Å²) in [7, 11) is 1.66. The molecule has 3 aromatic rings. The molecule has 0 spiro atoms. The first-order valence-electron chi connectivity index (χ1n) is 9.42. The van der Waals surface area contributed by atoms with Crippen LogP contribution in [0.3, 0.4) is 0 Å². The fourth-order valence-corrected chi connectivity index (χ4v) is 3.22. The first kappa shape index (κ1) is 20.8. The standard InChI is InChI=1S/C20H19F2N5O4/c1-26-8-13(7-23-26)27-20(30)14(19(29)24-16-9-31-10-17(16)28)6-15(25-27)11-2-4-12(5-3-11)18(21)22/h2-8,16-18,28H,9-10H2,1H3,(H,24,29)/t16?,17-/m0/s1. The SMILES string of the molecule is Cn1cc(-n2nc(-c3ccc(C(F)F)cc3)cc(C(=O)NC3COC[C@@H]3O)c2=O)cn1. The lowest BCUT2D eigenvalue weighted by atomic mass is 10.1. The summed E-state index contributed by atoms with van der Waals surface area (Å²) in [4.78, 5) is 25.9. The van der Waals surface area contributed by atoms with E-state index in [1.165, 1.54) is 41.2 Å². The number of hydrogen-bond donors (Lipinski definition) is 2. The Hall–Kier alpha value is -3.44. The van der Waals surface area contributed by atoms with Crippen molar-refractivity contribution in [1.82, 2.24) is 24.9 Å². The molecule has 0 saturated carbocycles. The first-order chi connectivity index (χ1) is 14.8. The molecule has 9 nitrogen and oxygen atoms in total.